The van der Waals surface area contributed by atoms with Crippen molar-refractivity contribution in [3.05, 3.63) is 29.8 Å². The standard InChI is InChI=1S/C12H13N3O3/c16-8-14-10-4-2-1-3-9(10)12(18)15-6-5-13-11(17)7-15/h1-4,8H,5-7H2,(H,13,17)(H,14,16). The van der Waals surface area contributed by atoms with Crippen molar-refractivity contribution in [3.63, 3.8) is 0 Å². The third kappa shape index (κ3) is 2.48. The van der Waals surface area contributed by atoms with Gasteiger partial charge in [-0.2, -0.15) is 0 Å². The summed E-state index contributed by atoms with van der Waals surface area (Å²) in [4.78, 5) is 35.4. The number of anilines is 1. The molecule has 0 aliphatic carbocycles. The summed E-state index contributed by atoms with van der Waals surface area (Å²) in [5.74, 6) is -0.426. The molecule has 2 rings (SSSR count). The van der Waals surface area contributed by atoms with E-state index in [9.17, 15) is 14.4 Å². The van der Waals surface area contributed by atoms with Gasteiger partial charge in [0.1, 0.15) is 0 Å². The van der Waals surface area contributed by atoms with Crippen LogP contribution >= 0.6 is 0 Å². The van der Waals surface area contributed by atoms with Crippen molar-refractivity contribution < 1.29 is 14.4 Å². The molecule has 1 saturated heterocycles. The Labute approximate surface area is 104 Å². The normalized spacial score (nSPS) is 14.9. The Balaban J connectivity index is 2.22. The highest BCUT2D eigenvalue weighted by Crippen LogP contribution is 2.16. The molecule has 0 unspecified atom stereocenters. The van der Waals surface area contributed by atoms with E-state index in [1.807, 2.05) is 0 Å². The van der Waals surface area contributed by atoms with Crippen LogP contribution in [0.2, 0.25) is 0 Å². The van der Waals surface area contributed by atoms with Gasteiger partial charge in [-0.1, -0.05) is 12.1 Å². The zero-order chi connectivity index (χ0) is 13.0. The fourth-order valence-electron chi connectivity index (χ4n) is 1.84. The molecule has 6 nitrogen and oxygen atoms in total. The minimum Gasteiger partial charge on any atom is -0.353 e. The monoisotopic (exact) mass is 247 g/mol. The summed E-state index contributed by atoms with van der Waals surface area (Å²) in [6.45, 7) is 0.974. The Morgan fingerprint density at radius 2 is 2.17 bits per heavy atom. The van der Waals surface area contributed by atoms with E-state index in [-0.39, 0.29) is 18.4 Å². The Hall–Kier alpha value is -2.37. The minimum absolute atomic E-state index is 0.0499. The van der Waals surface area contributed by atoms with Gasteiger partial charge >= 0.3 is 0 Å². The van der Waals surface area contributed by atoms with Crippen LogP contribution in [-0.4, -0.2) is 42.8 Å². The van der Waals surface area contributed by atoms with Gasteiger partial charge in [0, 0.05) is 13.1 Å². The lowest BCUT2D eigenvalue weighted by Gasteiger charge is -2.27. The van der Waals surface area contributed by atoms with Gasteiger partial charge in [0.25, 0.3) is 5.91 Å². The van der Waals surface area contributed by atoms with Gasteiger partial charge in [-0.15, -0.1) is 0 Å². The maximum absolute atomic E-state index is 12.2. The summed E-state index contributed by atoms with van der Waals surface area (Å²) >= 11 is 0. The first-order chi connectivity index (χ1) is 8.72. The van der Waals surface area contributed by atoms with Gasteiger partial charge in [-0.25, -0.2) is 0 Å². The topological polar surface area (TPSA) is 78.5 Å². The van der Waals surface area contributed by atoms with Crippen molar-refractivity contribution in [2.45, 2.75) is 0 Å². The number of benzene rings is 1. The van der Waals surface area contributed by atoms with Crippen LogP contribution in [0.3, 0.4) is 0 Å². The highest BCUT2D eigenvalue weighted by atomic mass is 16.2. The van der Waals surface area contributed by atoms with Gasteiger partial charge in [-0.05, 0) is 12.1 Å². The Morgan fingerprint density at radius 3 is 2.89 bits per heavy atom. The molecule has 3 amide bonds. The largest absolute Gasteiger partial charge is 0.353 e. The van der Waals surface area contributed by atoms with Crippen molar-refractivity contribution >= 4 is 23.9 Å². The lowest BCUT2D eigenvalue weighted by Crippen LogP contribution is -2.50. The zero-order valence-corrected chi connectivity index (χ0v) is 9.68. The van der Waals surface area contributed by atoms with E-state index in [4.69, 9.17) is 0 Å². The fraction of sp³-hybridized carbons (Fsp3) is 0.250. The summed E-state index contributed by atoms with van der Waals surface area (Å²) in [7, 11) is 0. The number of para-hydroxylation sites is 1. The molecule has 1 aliphatic rings. The second kappa shape index (κ2) is 5.31. The van der Waals surface area contributed by atoms with E-state index in [1.54, 1.807) is 24.3 Å². The molecule has 1 fully saturated rings. The summed E-state index contributed by atoms with van der Waals surface area (Å²) in [6.07, 6.45) is 0.523. The van der Waals surface area contributed by atoms with E-state index >= 15 is 0 Å². The maximum atomic E-state index is 12.2. The third-order valence-electron chi connectivity index (χ3n) is 2.70. The molecule has 0 bridgehead atoms. The SMILES string of the molecule is O=CNc1ccccc1C(=O)N1CCNC(=O)C1. The molecule has 1 aromatic carbocycles. The first-order valence-electron chi connectivity index (χ1n) is 5.57. The third-order valence-corrected chi connectivity index (χ3v) is 2.70. The molecule has 18 heavy (non-hydrogen) atoms. The zero-order valence-electron chi connectivity index (χ0n) is 9.68. The molecule has 0 saturated carbocycles. The highest BCUT2D eigenvalue weighted by Gasteiger charge is 2.23. The number of piperazine rings is 1. The van der Waals surface area contributed by atoms with Gasteiger partial charge in [-0.3, -0.25) is 14.4 Å². The average molecular weight is 247 g/mol. The number of amides is 3. The molecule has 1 aliphatic heterocycles. The molecule has 1 aromatic rings. The maximum Gasteiger partial charge on any atom is 0.256 e. The molecule has 1 heterocycles. The molecule has 0 aromatic heterocycles. The Bertz CT molecular complexity index is 487. The molecular formula is C12H13N3O3. The number of hydrogen-bond acceptors (Lipinski definition) is 3. The predicted molar refractivity (Wildman–Crippen MR) is 65.0 cm³/mol. The first-order valence-corrected chi connectivity index (χ1v) is 5.57. The smallest absolute Gasteiger partial charge is 0.256 e. The van der Waals surface area contributed by atoms with Crippen molar-refractivity contribution in [1.29, 1.82) is 0 Å². The molecule has 6 heteroatoms. The Kier molecular flexibility index (Phi) is 3.57. The number of nitrogens with zero attached hydrogens (tertiary/aromatic N) is 1. The van der Waals surface area contributed by atoms with Crippen LogP contribution in [0.5, 0.6) is 0 Å². The predicted octanol–water partition coefficient (Wildman–Crippen LogP) is -0.173. The van der Waals surface area contributed by atoms with Crippen molar-refractivity contribution in [1.82, 2.24) is 10.2 Å². The van der Waals surface area contributed by atoms with E-state index in [2.05, 4.69) is 10.6 Å². The molecule has 0 radical (unpaired) electrons. The number of rotatable bonds is 3. The summed E-state index contributed by atoms with van der Waals surface area (Å²) in [5.41, 5.74) is 0.836. The van der Waals surface area contributed by atoms with Gasteiger partial charge < -0.3 is 15.5 Å². The molecule has 0 atom stereocenters. The second-order valence-corrected chi connectivity index (χ2v) is 3.88. The van der Waals surface area contributed by atoms with E-state index in [0.717, 1.165) is 0 Å². The van der Waals surface area contributed by atoms with Crippen molar-refractivity contribution in [2.24, 2.45) is 0 Å². The van der Waals surface area contributed by atoms with Crippen LogP contribution < -0.4 is 10.6 Å². The van der Waals surface area contributed by atoms with Crippen molar-refractivity contribution in [3.8, 4) is 0 Å². The minimum atomic E-state index is -0.255. The molecule has 94 valence electrons. The Morgan fingerprint density at radius 1 is 1.39 bits per heavy atom. The van der Waals surface area contributed by atoms with Crippen LogP contribution in [0.1, 0.15) is 10.4 Å². The first kappa shape index (κ1) is 12.1. The molecular weight excluding hydrogens is 234 g/mol. The quantitative estimate of drug-likeness (QED) is 0.728. The van der Waals surface area contributed by atoms with Gasteiger partial charge in [0.2, 0.25) is 12.3 Å². The summed E-state index contributed by atoms with van der Waals surface area (Å²) in [5, 5.41) is 5.13. The van der Waals surface area contributed by atoms with Gasteiger partial charge in [0.15, 0.2) is 0 Å². The average Bonchev–Trinajstić information content (AvgIpc) is 2.39. The van der Waals surface area contributed by atoms with Crippen molar-refractivity contribution in [2.75, 3.05) is 25.0 Å². The molecule has 0 spiro atoms. The number of carbonyl (C=O) groups is 3. The lowest BCUT2D eigenvalue weighted by atomic mass is 10.1. The van der Waals surface area contributed by atoms with Crippen LogP contribution in [0.4, 0.5) is 5.69 Å². The summed E-state index contributed by atoms with van der Waals surface area (Å²) < 4.78 is 0. The number of carbonyl (C=O) groups excluding carboxylic acids is 3. The number of hydrogen-bond donors (Lipinski definition) is 2. The van der Waals surface area contributed by atoms with E-state index < -0.39 is 0 Å². The molecule has 2 N–H and O–H groups in total. The number of nitrogens with one attached hydrogen (secondary N) is 2. The van der Waals surface area contributed by atoms with Gasteiger partial charge in [0.05, 0.1) is 17.8 Å². The van der Waals surface area contributed by atoms with Crippen LogP contribution in [0.15, 0.2) is 24.3 Å². The van der Waals surface area contributed by atoms with Crippen LogP contribution in [-0.2, 0) is 9.59 Å². The lowest BCUT2D eigenvalue weighted by molar-refractivity contribution is -0.123. The van der Waals surface area contributed by atoms with Crippen LogP contribution in [0, 0.1) is 0 Å². The van der Waals surface area contributed by atoms with E-state index in [1.165, 1.54) is 4.90 Å². The second-order valence-electron chi connectivity index (χ2n) is 3.88. The highest BCUT2D eigenvalue weighted by molar-refractivity contribution is 6.02. The van der Waals surface area contributed by atoms with E-state index in [0.29, 0.717) is 30.8 Å². The summed E-state index contributed by atoms with van der Waals surface area (Å²) in [6, 6.07) is 6.71. The fourth-order valence-corrected chi connectivity index (χ4v) is 1.84. The van der Waals surface area contributed by atoms with Crippen LogP contribution in [0.25, 0.3) is 0 Å².